The van der Waals surface area contributed by atoms with Crippen molar-refractivity contribution in [3.05, 3.63) is 42.9 Å². The first-order chi connectivity index (χ1) is 5.47. The number of aromatic nitrogens is 3. The lowest BCUT2D eigenvalue weighted by molar-refractivity contribution is 0.846. The van der Waals surface area contributed by atoms with E-state index in [0.717, 1.165) is 5.82 Å². The van der Waals surface area contributed by atoms with Crippen LogP contribution in [0.25, 0.3) is 5.82 Å². The van der Waals surface area contributed by atoms with Gasteiger partial charge in [-0.25, -0.2) is 9.67 Å². The van der Waals surface area contributed by atoms with Crippen LogP contribution in [0, 0.1) is 6.07 Å². The summed E-state index contributed by atoms with van der Waals surface area (Å²) in [5, 5.41) is 4.02. The van der Waals surface area contributed by atoms with E-state index in [1.807, 2.05) is 12.3 Å². The Labute approximate surface area is 64.3 Å². The number of hydrogen-bond acceptors (Lipinski definition) is 2. The van der Waals surface area contributed by atoms with E-state index in [4.69, 9.17) is 0 Å². The van der Waals surface area contributed by atoms with Gasteiger partial charge in [-0.15, -0.1) is 0 Å². The molecule has 0 amide bonds. The zero-order valence-electron chi connectivity index (χ0n) is 5.81. The van der Waals surface area contributed by atoms with Gasteiger partial charge in [0, 0.05) is 18.6 Å². The predicted molar refractivity (Wildman–Crippen MR) is 40.2 cm³/mol. The fraction of sp³-hybridized carbons (Fsp3) is 0. The Morgan fingerprint density at radius 1 is 1.36 bits per heavy atom. The molecule has 0 aromatic carbocycles. The Hall–Kier alpha value is -1.64. The molecule has 2 aromatic rings. The molecule has 0 aliphatic carbocycles. The van der Waals surface area contributed by atoms with E-state index in [2.05, 4.69) is 16.1 Å². The SMILES string of the molecule is [c]1ccnc(-n2cccn2)c1. The van der Waals surface area contributed by atoms with Crippen LogP contribution in [0.3, 0.4) is 0 Å². The lowest BCUT2D eigenvalue weighted by Gasteiger charge is -1.96. The molecule has 0 atom stereocenters. The van der Waals surface area contributed by atoms with Crippen LogP contribution in [0.5, 0.6) is 0 Å². The van der Waals surface area contributed by atoms with Crippen molar-refractivity contribution in [2.24, 2.45) is 0 Å². The molecular formula is C8H6N3. The molecule has 1 radical (unpaired) electrons. The molecular weight excluding hydrogens is 138 g/mol. The van der Waals surface area contributed by atoms with E-state index in [1.54, 1.807) is 29.2 Å². The Bertz CT molecular complexity index is 312. The number of rotatable bonds is 1. The highest BCUT2D eigenvalue weighted by Gasteiger charge is 1.92. The molecule has 2 rings (SSSR count). The number of nitrogens with zero attached hydrogens (tertiary/aromatic N) is 3. The highest BCUT2D eigenvalue weighted by molar-refractivity contribution is 5.18. The molecule has 11 heavy (non-hydrogen) atoms. The molecule has 0 unspecified atom stereocenters. The van der Waals surface area contributed by atoms with E-state index in [1.165, 1.54) is 0 Å². The zero-order valence-corrected chi connectivity index (χ0v) is 5.81. The van der Waals surface area contributed by atoms with E-state index in [-0.39, 0.29) is 0 Å². The Morgan fingerprint density at radius 3 is 3.00 bits per heavy atom. The van der Waals surface area contributed by atoms with Gasteiger partial charge in [0.1, 0.15) is 0 Å². The largest absolute Gasteiger partial charge is 0.237 e. The van der Waals surface area contributed by atoms with E-state index in [0.29, 0.717) is 0 Å². The van der Waals surface area contributed by atoms with E-state index >= 15 is 0 Å². The van der Waals surface area contributed by atoms with Crippen molar-refractivity contribution in [2.45, 2.75) is 0 Å². The van der Waals surface area contributed by atoms with Crippen molar-refractivity contribution in [3.8, 4) is 5.82 Å². The first kappa shape index (κ1) is 6.09. The third kappa shape index (κ3) is 1.12. The fourth-order valence-corrected chi connectivity index (χ4v) is 0.846. The van der Waals surface area contributed by atoms with Gasteiger partial charge in [-0.2, -0.15) is 5.10 Å². The van der Waals surface area contributed by atoms with Gasteiger partial charge in [-0.1, -0.05) is 0 Å². The molecule has 0 saturated carbocycles. The fourth-order valence-electron chi connectivity index (χ4n) is 0.846. The molecule has 2 aromatic heterocycles. The van der Waals surface area contributed by atoms with Crippen LogP contribution in [-0.2, 0) is 0 Å². The predicted octanol–water partition coefficient (Wildman–Crippen LogP) is 1.07. The maximum atomic E-state index is 4.09. The van der Waals surface area contributed by atoms with Gasteiger partial charge in [-0.3, -0.25) is 0 Å². The van der Waals surface area contributed by atoms with Crippen LogP contribution in [0.1, 0.15) is 0 Å². The molecule has 2 heterocycles. The normalized spacial score (nSPS) is 9.82. The lowest BCUT2D eigenvalue weighted by Crippen LogP contribution is -1.95. The van der Waals surface area contributed by atoms with Gasteiger partial charge in [0.25, 0.3) is 0 Å². The highest BCUT2D eigenvalue weighted by Crippen LogP contribution is 1.98. The molecule has 0 spiro atoms. The molecule has 0 N–H and O–H groups in total. The summed E-state index contributed by atoms with van der Waals surface area (Å²) in [5.74, 6) is 0.789. The molecule has 53 valence electrons. The van der Waals surface area contributed by atoms with E-state index < -0.39 is 0 Å². The summed E-state index contributed by atoms with van der Waals surface area (Å²) in [5.41, 5.74) is 0. The van der Waals surface area contributed by atoms with Gasteiger partial charge in [0.2, 0.25) is 0 Å². The van der Waals surface area contributed by atoms with Crippen molar-refractivity contribution < 1.29 is 0 Å². The van der Waals surface area contributed by atoms with Crippen molar-refractivity contribution in [1.29, 1.82) is 0 Å². The van der Waals surface area contributed by atoms with Crippen molar-refractivity contribution in [2.75, 3.05) is 0 Å². The summed E-state index contributed by atoms with van der Waals surface area (Å²) in [6, 6.07) is 8.32. The molecule has 0 aliphatic heterocycles. The topological polar surface area (TPSA) is 30.7 Å². The maximum Gasteiger partial charge on any atom is 0.153 e. The average Bonchev–Trinajstić information content (AvgIpc) is 2.58. The molecule has 0 aliphatic rings. The summed E-state index contributed by atoms with van der Waals surface area (Å²) in [7, 11) is 0. The third-order valence-corrected chi connectivity index (χ3v) is 1.33. The van der Waals surface area contributed by atoms with Gasteiger partial charge < -0.3 is 0 Å². The summed E-state index contributed by atoms with van der Waals surface area (Å²) >= 11 is 0. The van der Waals surface area contributed by atoms with Gasteiger partial charge >= 0.3 is 0 Å². The van der Waals surface area contributed by atoms with Crippen molar-refractivity contribution in [1.82, 2.24) is 14.8 Å². The quantitative estimate of drug-likeness (QED) is 0.599. The summed E-state index contributed by atoms with van der Waals surface area (Å²) in [4.78, 5) is 4.09. The Balaban J connectivity index is 2.46. The third-order valence-electron chi connectivity index (χ3n) is 1.33. The second-order valence-corrected chi connectivity index (χ2v) is 2.06. The van der Waals surface area contributed by atoms with Crippen molar-refractivity contribution >= 4 is 0 Å². The Morgan fingerprint density at radius 2 is 2.36 bits per heavy atom. The van der Waals surface area contributed by atoms with Gasteiger partial charge in [0.15, 0.2) is 5.82 Å². The lowest BCUT2D eigenvalue weighted by atomic mass is 10.5. The number of hydrogen-bond donors (Lipinski definition) is 0. The van der Waals surface area contributed by atoms with Crippen LogP contribution in [-0.4, -0.2) is 14.8 Å². The standard InChI is InChI=1S/C8H6N3/c1-2-5-9-8(4-1)11-7-3-6-10-11/h2-7H. The Kier molecular flexibility index (Phi) is 1.41. The van der Waals surface area contributed by atoms with Gasteiger partial charge in [-0.05, 0) is 24.3 Å². The van der Waals surface area contributed by atoms with Gasteiger partial charge in [0.05, 0.1) is 0 Å². The van der Waals surface area contributed by atoms with Crippen LogP contribution in [0.2, 0.25) is 0 Å². The zero-order chi connectivity index (χ0) is 7.52. The van der Waals surface area contributed by atoms with Crippen LogP contribution in [0.15, 0.2) is 36.8 Å². The molecule has 0 saturated heterocycles. The summed E-state index contributed by atoms with van der Waals surface area (Å²) in [6.07, 6.45) is 5.25. The average molecular weight is 144 g/mol. The highest BCUT2D eigenvalue weighted by atomic mass is 15.3. The first-order valence-corrected chi connectivity index (χ1v) is 3.29. The summed E-state index contributed by atoms with van der Waals surface area (Å²) < 4.78 is 1.69. The van der Waals surface area contributed by atoms with E-state index in [9.17, 15) is 0 Å². The minimum absolute atomic E-state index is 0.789. The minimum Gasteiger partial charge on any atom is -0.237 e. The van der Waals surface area contributed by atoms with Crippen LogP contribution < -0.4 is 0 Å². The van der Waals surface area contributed by atoms with Crippen LogP contribution in [0.4, 0.5) is 0 Å². The number of pyridine rings is 1. The first-order valence-electron chi connectivity index (χ1n) is 3.29. The van der Waals surface area contributed by atoms with Crippen molar-refractivity contribution in [3.63, 3.8) is 0 Å². The monoisotopic (exact) mass is 144 g/mol. The summed E-state index contributed by atoms with van der Waals surface area (Å²) in [6.45, 7) is 0. The molecule has 3 nitrogen and oxygen atoms in total. The second kappa shape index (κ2) is 2.54. The molecule has 0 fully saturated rings. The smallest absolute Gasteiger partial charge is 0.153 e. The maximum absolute atomic E-state index is 4.09. The van der Waals surface area contributed by atoms with Crippen LogP contribution >= 0.6 is 0 Å². The second-order valence-electron chi connectivity index (χ2n) is 2.06. The molecule has 0 bridgehead atoms. The molecule has 3 heteroatoms. The minimum atomic E-state index is 0.789.